The van der Waals surface area contributed by atoms with E-state index in [2.05, 4.69) is 4.90 Å². The van der Waals surface area contributed by atoms with Crippen molar-refractivity contribution in [1.29, 1.82) is 0 Å². The summed E-state index contributed by atoms with van der Waals surface area (Å²) in [7, 11) is 0. The second kappa shape index (κ2) is 6.82. The summed E-state index contributed by atoms with van der Waals surface area (Å²) in [5, 5.41) is 0. The third-order valence-electron chi connectivity index (χ3n) is 5.49. The van der Waals surface area contributed by atoms with Crippen molar-refractivity contribution in [3.8, 4) is 0 Å². The van der Waals surface area contributed by atoms with Crippen LogP contribution in [0.1, 0.15) is 24.8 Å². The Balaban J connectivity index is 1.19. The van der Waals surface area contributed by atoms with Crippen LogP contribution in [-0.2, 0) is 20.9 Å². The lowest BCUT2D eigenvalue weighted by molar-refractivity contribution is -0.162. The van der Waals surface area contributed by atoms with Crippen molar-refractivity contribution in [3.63, 3.8) is 0 Å². The number of nitrogens with zero attached hydrogens (tertiary/aromatic N) is 2. The molecule has 3 saturated heterocycles. The van der Waals surface area contributed by atoms with Gasteiger partial charge in [0.1, 0.15) is 12.2 Å². The minimum Gasteiger partial charge on any atom is -0.370 e. The molecular formula is C19H26N2O3. The maximum atomic E-state index is 12.2. The van der Waals surface area contributed by atoms with E-state index in [0.717, 1.165) is 31.7 Å². The van der Waals surface area contributed by atoms with Crippen molar-refractivity contribution >= 4 is 5.91 Å². The molecule has 0 N–H and O–H groups in total. The van der Waals surface area contributed by atoms with Gasteiger partial charge < -0.3 is 14.4 Å². The molecule has 5 nitrogen and oxygen atoms in total. The number of rotatable bonds is 5. The molecule has 3 heterocycles. The summed E-state index contributed by atoms with van der Waals surface area (Å²) in [4.78, 5) is 16.7. The minimum absolute atomic E-state index is 0.0739. The molecule has 1 aromatic rings. The lowest BCUT2D eigenvalue weighted by Crippen LogP contribution is -2.64. The summed E-state index contributed by atoms with van der Waals surface area (Å²) in [6.45, 7) is 5.34. The summed E-state index contributed by atoms with van der Waals surface area (Å²) >= 11 is 0. The average Bonchev–Trinajstić information content (AvgIpc) is 3.24. The molecular weight excluding hydrogens is 304 g/mol. The van der Waals surface area contributed by atoms with Crippen LogP contribution >= 0.6 is 0 Å². The summed E-state index contributed by atoms with van der Waals surface area (Å²) < 4.78 is 11.6. The molecule has 1 spiro atoms. The van der Waals surface area contributed by atoms with Crippen molar-refractivity contribution < 1.29 is 14.3 Å². The molecule has 3 fully saturated rings. The topological polar surface area (TPSA) is 42.0 Å². The minimum atomic E-state index is -0.0810. The molecule has 4 rings (SSSR count). The highest BCUT2D eigenvalue weighted by molar-refractivity contribution is 5.78. The van der Waals surface area contributed by atoms with E-state index in [0.29, 0.717) is 12.6 Å². The van der Waals surface area contributed by atoms with Gasteiger partial charge in [0.15, 0.2) is 0 Å². The Morgan fingerprint density at radius 1 is 1.21 bits per heavy atom. The van der Waals surface area contributed by atoms with Gasteiger partial charge in [0.25, 0.3) is 0 Å². The third kappa shape index (κ3) is 3.34. The molecule has 3 aliphatic rings. The van der Waals surface area contributed by atoms with E-state index in [9.17, 15) is 4.79 Å². The van der Waals surface area contributed by atoms with Gasteiger partial charge in [-0.05, 0) is 37.9 Å². The second-order valence-electron chi connectivity index (χ2n) is 7.32. The number of carbonyl (C=O) groups is 1. The number of hydrogen-bond donors (Lipinski definition) is 0. The number of ether oxygens (including phenoxy) is 2. The van der Waals surface area contributed by atoms with E-state index < -0.39 is 0 Å². The molecule has 1 amide bonds. The van der Waals surface area contributed by atoms with Gasteiger partial charge in [0.05, 0.1) is 26.3 Å². The lowest BCUT2D eigenvalue weighted by Gasteiger charge is -2.47. The summed E-state index contributed by atoms with van der Waals surface area (Å²) in [6.07, 6.45) is 3.70. The first-order valence-corrected chi connectivity index (χ1v) is 9.02. The van der Waals surface area contributed by atoms with E-state index in [1.807, 2.05) is 35.2 Å². The van der Waals surface area contributed by atoms with Crippen LogP contribution in [0.15, 0.2) is 30.3 Å². The van der Waals surface area contributed by atoms with Crippen molar-refractivity contribution in [2.45, 2.75) is 37.5 Å². The van der Waals surface area contributed by atoms with E-state index in [1.54, 1.807) is 0 Å². The number of likely N-dealkylation sites (tertiary alicyclic amines) is 2. The standard InChI is InChI=1S/C19H26N2O3/c22-18(13-23-11-16-6-2-1-3-7-16)21-14-19(15-21)10-17(12-24-19)20-8-4-5-9-20/h1-3,6-7,17H,4-5,8-15H2. The maximum absolute atomic E-state index is 12.2. The predicted molar refractivity (Wildman–Crippen MR) is 90.6 cm³/mol. The highest BCUT2D eigenvalue weighted by Gasteiger charge is 2.52. The lowest BCUT2D eigenvalue weighted by atomic mass is 9.89. The number of amides is 1. The molecule has 24 heavy (non-hydrogen) atoms. The summed E-state index contributed by atoms with van der Waals surface area (Å²) in [5.74, 6) is 0.0739. The van der Waals surface area contributed by atoms with Crippen molar-refractivity contribution in [1.82, 2.24) is 9.80 Å². The Morgan fingerprint density at radius 2 is 1.96 bits per heavy atom. The maximum Gasteiger partial charge on any atom is 0.248 e. The zero-order valence-electron chi connectivity index (χ0n) is 14.2. The smallest absolute Gasteiger partial charge is 0.248 e. The molecule has 0 aromatic heterocycles. The Kier molecular flexibility index (Phi) is 4.57. The van der Waals surface area contributed by atoms with Crippen molar-refractivity contribution in [2.75, 3.05) is 39.4 Å². The summed E-state index contributed by atoms with van der Waals surface area (Å²) in [6, 6.07) is 10.5. The quantitative estimate of drug-likeness (QED) is 0.824. The molecule has 0 aliphatic carbocycles. The van der Waals surface area contributed by atoms with Crippen LogP contribution in [0, 0.1) is 0 Å². The Labute approximate surface area is 143 Å². The molecule has 0 saturated carbocycles. The van der Waals surface area contributed by atoms with Crippen molar-refractivity contribution in [2.24, 2.45) is 0 Å². The number of hydrogen-bond acceptors (Lipinski definition) is 4. The second-order valence-corrected chi connectivity index (χ2v) is 7.32. The molecule has 1 atom stereocenters. The predicted octanol–water partition coefficient (Wildman–Crippen LogP) is 1.67. The van der Waals surface area contributed by atoms with Crippen LogP contribution in [0.2, 0.25) is 0 Å². The fraction of sp³-hybridized carbons (Fsp3) is 0.632. The van der Waals surface area contributed by atoms with E-state index in [4.69, 9.17) is 9.47 Å². The molecule has 130 valence electrons. The average molecular weight is 330 g/mol. The van der Waals surface area contributed by atoms with E-state index >= 15 is 0 Å². The van der Waals surface area contributed by atoms with Gasteiger partial charge in [-0.15, -0.1) is 0 Å². The highest BCUT2D eigenvalue weighted by Crippen LogP contribution is 2.37. The molecule has 1 unspecified atom stereocenters. The Bertz CT molecular complexity index is 565. The zero-order valence-corrected chi connectivity index (χ0v) is 14.2. The van der Waals surface area contributed by atoms with Gasteiger partial charge in [-0.2, -0.15) is 0 Å². The Morgan fingerprint density at radius 3 is 2.71 bits per heavy atom. The van der Waals surface area contributed by atoms with Crippen LogP contribution in [0.25, 0.3) is 0 Å². The van der Waals surface area contributed by atoms with Gasteiger partial charge in [-0.1, -0.05) is 30.3 Å². The SMILES string of the molecule is O=C(COCc1ccccc1)N1CC2(CC(N3CCCC3)CO2)C1. The highest BCUT2D eigenvalue weighted by atomic mass is 16.5. The van der Waals surface area contributed by atoms with Crippen LogP contribution in [0.5, 0.6) is 0 Å². The number of carbonyl (C=O) groups excluding carboxylic acids is 1. The normalized spacial score (nSPS) is 26.0. The third-order valence-corrected chi connectivity index (χ3v) is 5.49. The fourth-order valence-corrected chi connectivity index (χ4v) is 4.13. The van der Waals surface area contributed by atoms with Crippen molar-refractivity contribution in [3.05, 3.63) is 35.9 Å². The van der Waals surface area contributed by atoms with Gasteiger partial charge in [-0.25, -0.2) is 0 Å². The van der Waals surface area contributed by atoms with Gasteiger partial charge >= 0.3 is 0 Å². The van der Waals surface area contributed by atoms with Crippen LogP contribution in [-0.4, -0.2) is 66.7 Å². The van der Waals surface area contributed by atoms with Crippen LogP contribution in [0.4, 0.5) is 0 Å². The first-order valence-electron chi connectivity index (χ1n) is 9.02. The molecule has 3 aliphatic heterocycles. The first-order chi connectivity index (χ1) is 11.7. The molecule has 0 radical (unpaired) electrons. The molecule has 5 heteroatoms. The van der Waals surface area contributed by atoms with E-state index in [-0.39, 0.29) is 18.1 Å². The molecule has 1 aromatic carbocycles. The van der Waals surface area contributed by atoms with Gasteiger partial charge in [0, 0.05) is 6.04 Å². The van der Waals surface area contributed by atoms with Gasteiger partial charge in [-0.3, -0.25) is 9.69 Å². The monoisotopic (exact) mass is 330 g/mol. The fourth-order valence-electron chi connectivity index (χ4n) is 4.13. The Hall–Kier alpha value is -1.43. The summed E-state index contributed by atoms with van der Waals surface area (Å²) in [5.41, 5.74) is 1.01. The zero-order chi connectivity index (χ0) is 16.4. The van der Waals surface area contributed by atoms with Crippen LogP contribution < -0.4 is 0 Å². The van der Waals surface area contributed by atoms with Crippen LogP contribution in [0.3, 0.4) is 0 Å². The van der Waals surface area contributed by atoms with Gasteiger partial charge in [0.2, 0.25) is 5.91 Å². The van der Waals surface area contributed by atoms with E-state index in [1.165, 1.54) is 25.9 Å². The molecule has 0 bridgehead atoms. The number of benzene rings is 1. The largest absolute Gasteiger partial charge is 0.370 e. The first kappa shape index (κ1) is 16.1.